The molecule has 0 fully saturated rings. The third kappa shape index (κ3) is 7.05. The molecule has 0 saturated carbocycles. The molecule has 1 rings (SSSR count). The molecule has 8 heteroatoms. The topological polar surface area (TPSA) is 55.4 Å². The van der Waals surface area contributed by atoms with Crippen molar-refractivity contribution >= 4 is 15.7 Å². The van der Waals surface area contributed by atoms with E-state index < -0.39 is 22.8 Å². The monoisotopic (exact) mass is 347 g/mol. The number of rotatable bonds is 7. The first-order valence-corrected chi connectivity index (χ1v) is 7.93. The Morgan fingerprint density at radius 1 is 1.26 bits per heavy atom. The lowest BCUT2D eigenvalue weighted by molar-refractivity contribution is -0.163. The predicted molar refractivity (Wildman–Crippen MR) is 83.0 cm³/mol. The van der Waals surface area contributed by atoms with Crippen LogP contribution in [0.1, 0.15) is 6.92 Å². The predicted octanol–water partition coefficient (Wildman–Crippen LogP) is 3.98. The average molecular weight is 347 g/mol. The molecule has 0 aliphatic rings. The van der Waals surface area contributed by atoms with Crippen LogP contribution in [-0.4, -0.2) is 21.2 Å². The number of allylic oxidation sites excluding steroid dienone is 3. The average Bonchev–Trinajstić information content (AvgIpc) is 2.45. The number of nitrogens with one attached hydrogen (secondary N) is 1. The highest BCUT2D eigenvalue weighted by atomic mass is 32.2. The Morgan fingerprint density at radius 3 is 2.39 bits per heavy atom. The lowest BCUT2D eigenvalue weighted by Crippen LogP contribution is -2.16. The van der Waals surface area contributed by atoms with Crippen molar-refractivity contribution in [2.45, 2.75) is 13.1 Å². The zero-order chi connectivity index (χ0) is 17.5. The van der Waals surface area contributed by atoms with Crippen molar-refractivity contribution in [3.05, 3.63) is 65.8 Å². The van der Waals surface area contributed by atoms with Crippen LogP contribution in [0, 0.1) is 0 Å². The number of halogens is 3. The van der Waals surface area contributed by atoms with E-state index in [9.17, 15) is 21.6 Å². The Labute approximate surface area is 133 Å². The van der Waals surface area contributed by atoms with Crippen LogP contribution in [0.15, 0.2) is 65.8 Å². The number of benzene rings is 1. The molecule has 0 amide bonds. The molecule has 0 unspecified atom stereocenters. The highest BCUT2D eigenvalue weighted by molar-refractivity contribution is 7.96. The first-order chi connectivity index (χ1) is 10.6. The van der Waals surface area contributed by atoms with Crippen LogP contribution < -0.4 is 4.72 Å². The van der Waals surface area contributed by atoms with Gasteiger partial charge < -0.3 is 4.74 Å². The maximum atomic E-state index is 12.2. The van der Waals surface area contributed by atoms with E-state index in [1.54, 1.807) is 30.3 Å². The van der Waals surface area contributed by atoms with Gasteiger partial charge in [-0.15, -0.1) is 0 Å². The van der Waals surface area contributed by atoms with Crippen LogP contribution in [0.2, 0.25) is 0 Å². The lowest BCUT2D eigenvalue weighted by Gasteiger charge is -2.10. The van der Waals surface area contributed by atoms with Crippen molar-refractivity contribution in [1.82, 2.24) is 0 Å². The molecule has 1 aromatic rings. The Bertz CT molecular complexity index is 692. The van der Waals surface area contributed by atoms with Gasteiger partial charge in [0.2, 0.25) is 0 Å². The fraction of sp³-hybridized carbons (Fsp3) is 0.200. The third-order valence-electron chi connectivity index (χ3n) is 2.48. The van der Waals surface area contributed by atoms with Gasteiger partial charge in [0.25, 0.3) is 10.0 Å². The molecular formula is C15H16F3NO3S. The fourth-order valence-corrected chi connectivity index (χ4v) is 2.58. The summed E-state index contributed by atoms with van der Waals surface area (Å²) in [6.07, 6.45) is -1.00. The van der Waals surface area contributed by atoms with E-state index in [1.165, 1.54) is 13.0 Å². The Morgan fingerprint density at radius 2 is 1.87 bits per heavy atom. The Kier molecular flexibility index (Phi) is 6.44. The highest BCUT2D eigenvalue weighted by Crippen LogP contribution is 2.18. The van der Waals surface area contributed by atoms with E-state index in [0.29, 0.717) is 5.69 Å². The summed E-state index contributed by atoms with van der Waals surface area (Å²) in [5.41, 5.74) is 0.368. The molecule has 1 aromatic carbocycles. The summed E-state index contributed by atoms with van der Waals surface area (Å²) in [4.78, 5) is -0.127. The normalized spacial score (nSPS) is 13.1. The van der Waals surface area contributed by atoms with Crippen LogP contribution in [0.5, 0.6) is 0 Å². The molecule has 0 spiro atoms. The molecule has 0 heterocycles. The first-order valence-electron chi connectivity index (χ1n) is 6.45. The summed E-state index contributed by atoms with van der Waals surface area (Å²) >= 11 is 0. The van der Waals surface area contributed by atoms with Crippen molar-refractivity contribution in [2.24, 2.45) is 0 Å². The fourth-order valence-electron chi connectivity index (χ4n) is 1.46. The number of alkyl halides is 3. The molecular weight excluding hydrogens is 331 g/mol. The van der Waals surface area contributed by atoms with Gasteiger partial charge in [0, 0.05) is 5.69 Å². The maximum Gasteiger partial charge on any atom is 0.422 e. The Hall–Kier alpha value is -2.22. The number of anilines is 1. The molecule has 23 heavy (non-hydrogen) atoms. The number of hydrogen-bond acceptors (Lipinski definition) is 3. The van der Waals surface area contributed by atoms with Gasteiger partial charge >= 0.3 is 6.18 Å². The standard InChI is InChI=1S/C15H16F3NO3S/c1-3-14(10-9-12(2)22-11-15(16,17)18)23(20,21)19-13-7-5-4-6-8-13/h3-10,19H,2,11H2,1H3/b10-9-,14-3+. The quantitative estimate of drug-likeness (QED) is 0.599. The van der Waals surface area contributed by atoms with E-state index >= 15 is 0 Å². The molecule has 0 aromatic heterocycles. The minimum Gasteiger partial charge on any atom is -0.485 e. The maximum absolute atomic E-state index is 12.2. The lowest BCUT2D eigenvalue weighted by atomic mass is 10.3. The summed E-state index contributed by atoms with van der Waals surface area (Å²) in [6, 6.07) is 8.20. The molecule has 4 nitrogen and oxygen atoms in total. The van der Waals surface area contributed by atoms with Gasteiger partial charge in [-0.25, -0.2) is 8.42 Å². The molecule has 126 valence electrons. The minimum atomic E-state index is -4.48. The van der Waals surface area contributed by atoms with Crippen LogP contribution in [0.4, 0.5) is 18.9 Å². The SMILES string of the molecule is C=C(/C=C\C(=C/C)S(=O)(=O)Nc1ccccc1)OCC(F)(F)F. The van der Waals surface area contributed by atoms with E-state index in [4.69, 9.17) is 0 Å². The second-order valence-electron chi connectivity index (χ2n) is 4.37. The summed E-state index contributed by atoms with van der Waals surface area (Å²) in [7, 11) is -3.86. The van der Waals surface area contributed by atoms with Crippen LogP contribution >= 0.6 is 0 Å². The smallest absolute Gasteiger partial charge is 0.422 e. The van der Waals surface area contributed by atoms with Crippen molar-refractivity contribution in [1.29, 1.82) is 0 Å². The van der Waals surface area contributed by atoms with Gasteiger partial charge in [0.05, 0.1) is 4.91 Å². The number of para-hydroxylation sites is 1. The number of sulfonamides is 1. The number of hydrogen-bond donors (Lipinski definition) is 1. The van der Waals surface area contributed by atoms with E-state index in [0.717, 1.165) is 12.2 Å². The Balaban J connectivity index is 2.76. The number of ether oxygens (including phenoxy) is 1. The first kappa shape index (κ1) is 18.8. The van der Waals surface area contributed by atoms with Crippen LogP contribution in [0.3, 0.4) is 0 Å². The molecule has 0 radical (unpaired) electrons. The van der Waals surface area contributed by atoms with E-state index in [1.807, 2.05) is 0 Å². The van der Waals surface area contributed by atoms with E-state index in [2.05, 4.69) is 16.0 Å². The van der Waals surface area contributed by atoms with Crippen molar-refractivity contribution in [3.63, 3.8) is 0 Å². The van der Waals surface area contributed by atoms with Gasteiger partial charge in [-0.3, -0.25) is 4.72 Å². The zero-order valence-electron chi connectivity index (χ0n) is 12.3. The molecule has 0 aliphatic carbocycles. The second kappa shape index (κ2) is 7.87. The van der Waals surface area contributed by atoms with Gasteiger partial charge in [-0.2, -0.15) is 13.2 Å². The van der Waals surface area contributed by atoms with Gasteiger partial charge in [0.1, 0.15) is 5.76 Å². The van der Waals surface area contributed by atoms with Gasteiger partial charge in [-0.05, 0) is 31.2 Å². The summed E-state index contributed by atoms with van der Waals surface area (Å²) < 4.78 is 67.1. The minimum absolute atomic E-state index is 0.127. The van der Waals surface area contributed by atoms with Crippen molar-refractivity contribution < 1.29 is 26.3 Å². The third-order valence-corrected chi connectivity index (χ3v) is 3.97. The zero-order valence-corrected chi connectivity index (χ0v) is 13.1. The molecule has 0 atom stereocenters. The second-order valence-corrected chi connectivity index (χ2v) is 6.05. The highest BCUT2D eigenvalue weighted by Gasteiger charge is 2.28. The molecule has 0 aliphatic heterocycles. The van der Waals surface area contributed by atoms with Gasteiger partial charge in [0.15, 0.2) is 6.61 Å². The largest absolute Gasteiger partial charge is 0.485 e. The molecule has 0 saturated heterocycles. The van der Waals surface area contributed by atoms with E-state index in [-0.39, 0.29) is 10.7 Å². The van der Waals surface area contributed by atoms with Gasteiger partial charge in [-0.1, -0.05) is 30.9 Å². The van der Waals surface area contributed by atoms with Crippen molar-refractivity contribution in [3.8, 4) is 0 Å². The summed E-state index contributed by atoms with van der Waals surface area (Å²) in [6.45, 7) is 3.28. The summed E-state index contributed by atoms with van der Waals surface area (Å²) in [5, 5.41) is 0. The molecule has 1 N–H and O–H groups in total. The summed E-state index contributed by atoms with van der Waals surface area (Å²) in [5.74, 6) is -0.295. The van der Waals surface area contributed by atoms with Crippen LogP contribution in [0.25, 0.3) is 0 Å². The molecule has 0 bridgehead atoms. The van der Waals surface area contributed by atoms with Crippen LogP contribution in [-0.2, 0) is 14.8 Å². The van der Waals surface area contributed by atoms with Crippen molar-refractivity contribution in [2.75, 3.05) is 11.3 Å².